The van der Waals surface area contributed by atoms with Crippen molar-refractivity contribution in [1.82, 2.24) is 4.90 Å². The molecule has 2 aromatic rings. The largest absolute Gasteiger partial charge is 0.342 e. The molecule has 1 aliphatic rings. The third kappa shape index (κ3) is 4.58. The highest BCUT2D eigenvalue weighted by Crippen LogP contribution is 2.25. The molecule has 134 valence electrons. The number of hydrogen-bond acceptors (Lipinski definition) is 4. The maximum Gasteiger partial charge on any atom is 0.271 e. The van der Waals surface area contributed by atoms with E-state index in [-0.39, 0.29) is 16.5 Å². The van der Waals surface area contributed by atoms with Crippen LogP contribution in [0.25, 0.3) is 0 Å². The van der Waals surface area contributed by atoms with Gasteiger partial charge in [-0.05, 0) is 55.7 Å². The zero-order chi connectivity index (χ0) is 17.9. The van der Waals surface area contributed by atoms with Gasteiger partial charge in [0.2, 0.25) is 5.91 Å². The SMILES string of the molecule is O=C(Cc1ccc(S(=O)(=O)Nc2ccc(F)cc2)s1)N1CCCCC1. The van der Waals surface area contributed by atoms with E-state index in [1.165, 1.54) is 30.3 Å². The first kappa shape index (κ1) is 17.9. The number of thiophene rings is 1. The van der Waals surface area contributed by atoms with Crippen molar-refractivity contribution in [1.29, 1.82) is 0 Å². The molecule has 0 radical (unpaired) electrons. The summed E-state index contributed by atoms with van der Waals surface area (Å²) in [5.41, 5.74) is 0.292. The van der Waals surface area contributed by atoms with Crippen LogP contribution in [0.2, 0.25) is 0 Å². The van der Waals surface area contributed by atoms with Crippen molar-refractivity contribution in [3.63, 3.8) is 0 Å². The Morgan fingerprint density at radius 3 is 2.44 bits per heavy atom. The smallest absolute Gasteiger partial charge is 0.271 e. The lowest BCUT2D eigenvalue weighted by Gasteiger charge is -2.26. The number of sulfonamides is 1. The molecule has 8 heteroatoms. The third-order valence-electron chi connectivity index (χ3n) is 4.03. The Hall–Kier alpha value is -1.93. The Bertz CT molecular complexity index is 841. The summed E-state index contributed by atoms with van der Waals surface area (Å²) in [6, 6.07) is 8.27. The van der Waals surface area contributed by atoms with Crippen LogP contribution in [-0.4, -0.2) is 32.3 Å². The van der Waals surface area contributed by atoms with E-state index in [9.17, 15) is 17.6 Å². The predicted octanol–water partition coefficient (Wildman–Crippen LogP) is 3.24. The first-order valence-electron chi connectivity index (χ1n) is 8.09. The van der Waals surface area contributed by atoms with Gasteiger partial charge in [0, 0.05) is 23.7 Å². The molecule has 1 aliphatic heterocycles. The van der Waals surface area contributed by atoms with Crippen LogP contribution in [0.1, 0.15) is 24.1 Å². The normalized spacial score (nSPS) is 15.2. The quantitative estimate of drug-likeness (QED) is 0.863. The molecule has 1 saturated heterocycles. The molecule has 0 bridgehead atoms. The van der Waals surface area contributed by atoms with Crippen LogP contribution >= 0.6 is 11.3 Å². The summed E-state index contributed by atoms with van der Waals surface area (Å²) in [5, 5.41) is 0. The molecule has 0 aliphatic carbocycles. The number of carbonyl (C=O) groups is 1. The molecule has 25 heavy (non-hydrogen) atoms. The summed E-state index contributed by atoms with van der Waals surface area (Å²) in [6.07, 6.45) is 3.42. The highest BCUT2D eigenvalue weighted by molar-refractivity contribution is 7.94. The molecule has 2 heterocycles. The van der Waals surface area contributed by atoms with Crippen molar-refractivity contribution >= 4 is 33.0 Å². The van der Waals surface area contributed by atoms with E-state index in [1.54, 1.807) is 6.07 Å². The van der Waals surface area contributed by atoms with Crippen LogP contribution in [0.4, 0.5) is 10.1 Å². The van der Waals surface area contributed by atoms with Crippen molar-refractivity contribution < 1.29 is 17.6 Å². The molecule has 0 saturated carbocycles. The van der Waals surface area contributed by atoms with E-state index < -0.39 is 15.8 Å². The number of amides is 1. The van der Waals surface area contributed by atoms with E-state index >= 15 is 0 Å². The molecule has 1 N–H and O–H groups in total. The zero-order valence-corrected chi connectivity index (χ0v) is 15.2. The van der Waals surface area contributed by atoms with Gasteiger partial charge >= 0.3 is 0 Å². The highest BCUT2D eigenvalue weighted by atomic mass is 32.2. The van der Waals surface area contributed by atoms with Gasteiger partial charge in [-0.2, -0.15) is 0 Å². The highest BCUT2D eigenvalue weighted by Gasteiger charge is 2.20. The zero-order valence-electron chi connectivity index (χ0n) is 13.6. The average molecular weight is 382 g/mol. The third-order valence-corrected chi connectivity index (χ3v) is 6.99. The number of likely N-dealkylation sites (tertiary alicyclic amines) is 1. The Labute approximate surface area is 150 Å². The van der Waals surface area contributed by atoms with Gasteiger partial charge in [0.15, 0.2) is 0 Å². The van der Waals surface area contributed by atoms with Gasteiger partial charge in [-0.1, -0.05) is 0 Å². The van der Waals surface area contributed by atoms with Gasteiger partial charge in [0.25, 0.3) is 10.0 Å². The molecule has 1 aromatic heterocycles. The molecule has 1 amide bonds. The molecule has 1 aromatic carbocycles. The van der Waals surface area contributed by atoms with Crippen molar-refractivity contribution in [2.75, 3.05) is 17.8 Å². The van der Waals surface area contributed by atoms with Gasteiger partial charge in [-0.3, -0.25) is 9.52 Å². The number of anilines is 1. The summed E-state index contributed by atoms with van der Waals surface area (Å²) < 4.78 is 40.3. The van der Waals surface area contributed by atoms with E-state index in [2.05, 4.69) is 4.72 Å². The van der Waals surface area contributed by atoms with Crippen LogP contribution in [-0.2, 0) is 21.2 Å². The molecule has 0 unspecified atom stereocenters. The molecular weight excluding hydrogens is 363 g/mol. The van der Waals surface area contributed by atoms with Crippen molar-refractivity contribution in [3.8, 4) is 0 Å². The second kappa shape index (κ2) is 7.53. The van der Waals surface area contributed by atoms with Gasteiger partial charge in [0.1, 0.15) is 10.0 Å². The number of nitrogens with zero attached hydrogens (tertiary/aromatic N) is 1. The molecule has 0 spiro atoms. The molecular formula is C17H19FN2O3S2. The van der Waals surface area contributed by atoms with Crippen LogP contribution in [0.3, 0.4) is 0 Å². The number of rotatable bonds is 5. The van der Waals surface area contributed by atoms with Gasteiger partial charge in [-0.25, -0.2) is 12.8 Å². The first-order valence-corrected chi connectivity index (χ1v) is 10.4. The molecule has 3 rings (SSSR count). The van der Waals surface area contributed by atoms with Crippen molar-refractivity contribution in [2.24, 2.45) is 0 Å². The number of piperidine rings is 1. The fourth-order valence-electron chi connectivity index (χ4n) is 2.73. The summed E-state index contributed by atoms with van der Waals surface area (Å²) in [4.78, 5) is 14.8. The second-order valence-corrected chi connectivity index (χ2v) is 9.03. The van der Waals surface area contributed by atoms with E-state index in [4.69, 9.17) is 0 Å². The van der Waals surface area contributed by atoms with Crippen molar-refractivity contribution in [3.05, 3.63) is 47.1 Å². The summed E-state index contributed by atoms with van der Waals surface area (Å²) in [5.74, 6) is -0.394. The van der Waals surface area contributed by atoms with Gasteiger partial charge < -0.3 is 4.90 Å². The first-order chi connectivity index (χ1) is 11.9. The lowest BCUT2D eigenvalue weighted by Crippen LogP contribution is -2.36. The topological polar surface area (TPSA) is 66.5 Å². The second-order valence-electron chi connectivity index (χ2n) is 5.95. The summed E-state index contributed by atoms with van der Waals surface area (Å²) in [7, 11) is -3.74. The molecule has 1 fully saturated rings. The van der Waals surface area contributed by atoms with Crippen LogP contribution in [0.5, 0.6) is 0 Å². The minimum atomic E-state index is -3.74. The number of hydrogen-bond donors (Lipinski definition) is 1. The lowest BCUT2D eigenvalue weighted by atomic mass is 10.1. The standard InChI is InChI=1S/C17H19FN2O3S2/c18-13-4-6-14(7-5-13)19-25(22,23)17-9-8-15(24-17)12-16(21)20-10-2-1-3-11-20/h4-9,19H,1-3,10-12H2. The van der Waals surface area contributed by atoms with Crippen LogP contribution in [0.15, 0.2) is 40.6 Å². The molecule has 5 nitrogen and oxygen atoms in total. The fourth-order valence-corrected chi connectivity index (χ4v) is 5.13. The Balaban J connectivity index is 1.67. The number of halogens is 1. The number of benzene rings is 1. The Morgan fingerprint density at radius 1 is 1.08 bits per heavy atom. The predicted molar refractivity (Wildman–Crippen MR) is 95.7 cm³/mol. The van der Waals surface area contributed by atoms with Gasteiger partial charge in [-0.15, -0.1) is 11.3 Å². The van der Waals surface area contributed by atoms with E-state index in [0.29, 0.717) is 5.69 Å². The average Bonchev–Trinajstić information content (AvgIpc) is 3.07. The maximum atomic E-state index is 12.9. The van der Waals surface area contributed by atoms with Crippen molar-refractivity contribution in [2.45, 2.75) is 29.9 Å². The Morgan fingerprint density at radius 2 is 1.76 bits per heavy atom. The lowest BCUT2D eigenvalue weighted by molar-refractivity contribution is -0.131. The monoisotopic (exact) mass is 382 g/mol. The number of carbonyl (C=O) groups excluding carboxylic acids is 1. The fraction of sp³-hybridized carbons (Fsp3) is 0.353. The van der Waals surface area contributed by atoms with Crippen LogP contribution in [0, 0.1) is 5.82 Å². The van der Waals surface area contributed by atoms with E-state index in [0.717, 1.165) is 48.6 Å². The number of nitrogens with one attached hydrogen (secondary N) is 1. The van der Waals surface area contributed by atoms with Gasteiger partial charge in [0.05, 0.1) is 6.42 Å². The minimum absolute atomic E-state index is 0.0389. The molecule has 0 atom stereocenters. The maximum absolute atomic E-state index is 12.9. The Kier molecular flexibility index (Phi) is 5.39. The minimum Gasteiger partial charge on any atom is -0.342 e. The summed E-state index contributed by atoms with van der Waals surface area (Å²) >= 11 is 1.08. The van der Waals surface area contributed by atoms with E-state index in [1.807, 2.05) is 4.90 Å². The van der Waals surface area contributed by atoms with Crippen LogP contribution < -0.4 is 4.72 Å². The summed E-state index contributed by atoms with van der Waals surface area (Å²) in [6.45, 7) is 1.56.